The molecule has 2 amide bonds. The summed E-state index contributed by atoms with van der Waals surface area (Å²) in [5.74, 6) is -0.538. The number of anilines is 2. The highest BCUT2D eigenvalue weighted by Gasteiger charge is 2.10. The number of ether oxygens (including phenoxy) is 1. The fourth-order valence-electron chi connectivity index (χ4n) is 2.51. The largest absolute Gasteiger partial charge is 0.462 e. The molecule has 0 saturated carbocycles. The first kappa shape index (κ1) is 21.5. The van der Waals surface area contributed by atoms with Gasteiger partial charge in [0.25, 0.3) is 0 Å². The summed E-state index contributed by atoms with van der Waals surface area (Å²) in [7, 11) is 0. The molecule has 2 aromatic rings. The summed E-state index contributed by atoms with van der Waals surface area (Å²) >= 11 is 1.22. The summed E-state index contributed by atoms with van der Waals surface area (Å²) in [5.41, 5.74) is 3.79. The molecule has 0 atom stereocenters. The van der Waals surface area contributed by atoms with E-state index in [1.54, 1.807) is 31.2 Å². The first-order valence-corrected chi connectivity index (χ1v) is 10.1. The molecule has 0 saturated heterocycles. The minimum atomic E-state index is -0.434. The summed E-state index contributed by atoms with van der Waals surface area (Å²) in [6.45, 7) is 5.95. The molecule has 0 aliphatic heterocycles. The van der Waals surface area contributed by atoms with Crippen molar-refractivity contribution in [1.82, 2.24) is 0 Å². The molecule has 0 unspecified atom stereocenters. The highest BCUT2D eigenvalue weighted by atomic mass is 32.2. The number of hydrogen-bond acceptors (Lipinski definition) is 5. The van der Waals surface area contributed by atoms with Gasteiger partial charge >= 0.3 is 5.97 Å². The van der Waals surface area contributed by atoms with Gasteiger partial charge in [0.2, 0.25) is 11.8 Å². The summed E-state index contributed by atoms with van der Waals surface area (Å²) < 4.78 is 4.94. The Hall–Kier alpha value is -2.80. The van der Waals surface area contributed by atoms with Crippen molar-refractivity contribution in [1.29, 1.82) is 0 Å². The Morgan fingerprint density at radius 1 is 0.964 bits per heavy atom. The number of hydrogen-bond donors (Lipinski definition) is 2. The Morgan fingerprint density at radius 2 is 1.68 bits per heavy atom. The number of nitrogens with one attached hydrogen (secondary N) is 2. The van der Waals surface area contributed by atoms with Crippen molar-refractivity contribution >= 4 is 40.9 Å². The van der Waals surface area contributed by atoms with E-state index in [4.69, 9.17) is 4.74 Å². The van der Waals surface area contributed by atoms with E-state index in [1.807, 2.05) is 32.0 Å². The zero-order chi connectivity index (χ0) is 20.5. The molecule has 0 aromatic heterocycles. The van der Waals surface area contributed by atoms with Crippen LogP contribution in [0.25, 0.3) is 0 Å². The van der Waals surface area contributed by atoms with Crippen molar-refractivity contribution in [3.8, 4) is 0 Å². The maximum absolute atomic E-state index is 12.1. The van der Waals surface area contributed by atoms with Crippen molar-refractivity contribution in [2.45, 2.75) is 20.8 Å². The Balaban J connectivity index is 1.79. The number of esters is 1. The molecule has 0 bridgehead atoms. The molecule has 0 aliphatic carbocycles. The first-order chi connectivity index (χ1) is 13.4. The van der Waals surface area contributed by atoms with Crippen LogP contribution in [0.4, 0.5) is 11.4 Å². The van der Waals surface area contributed by atoms with Gasteiger partial charge in [0.15, 0.2) is 0 Å². The van der Waals surface area contributed by atoms with E-state index >= 15 is 0 Å². The predicted octanol–water partition coefficient (Wildman–Crippen LogP) is 3.79. The van der Waals surface area contributed by atoms with Gasteiger partial charge in [-0.1, -0.05) is 23.8 Å². The fraction of sp³-hybridized carbons (Fsp3) is 0.286. The van der Waals surface area contributed by atoms with Gasteiger partial charge in [0, 0.05) is 11.4 Å². The fourth-order valence-corrected chi connectivity index (χ4v) is 3.13. The van der Waals surface area contributed by atoms with Crippen LogP contribution in [0.2, 0.25) is 0 Å². The van der Waals surface area contributed by atoms with Crippen molar-refractivity contribution in [3.05, 3.63) is 59.2 Å². The van der Waals surface area contributed by atoms with Gasteiger partial charge in [-0.15, -0.1) is 11.8 Å². The summed E-state index contributed by atoms with van der Waals surface area (Å²) in [6.07, 6.45) is 0. The van der Waals surface area contributed by atoms with Crippen molar-refractivity contribution in [3.63, 3.8) is 0 Å². The van der Waals surface area contributed by atoms with Gasteiger partial charge < -0.3 is 15.4 Å². The third kappa shape index (κ3) is 6.74. The molecule has 7 heteroatoms. The first-order valence-electron chi connectivity index (χ1n) is 8.91. The third-order valence-corrected chi connectivity index (χ3v) is 4.71. The topological polar surface area (TPSA) is 84.5 Å². The van der Waals surface area contributed by atoms with Crippen molar-refractivity contribution in [2.75, 3.05) is 28.7 Å². The van der Waals surface area contributed by atoms with Crippen LogP contribution in [0.15, 0.2) is 42.5 Å². The maximum Gasteiger partial charge on any atom is 0.338 e. The molecule has 0 radical (unpaired) electrons. The van der Waals surface area contributed by atoms with E-state index in [9.17, 15) is 14.4 Å². The van der Waals surface area contributed by atoms with Crippen LogP contribution < -0.4 is 10.6 Å². The van der Waals surface area contributed by atoms with E-state index < -0.39 is 5.97 Å². The van der Waals surface area contributed by atoms with E-state index in [2.05, 4.69) is 10.6 Å². The van der Waals surface area contributed by atoms with Gasteiger partial charge in [-0.25, -0.2) is 4.79 Å². The zero-order valence-electron chi connectivity index (χ0n) is 16.2. The molecule has 0 aliphatic rings. The van der Waals surface area contributed by atoms with Gasteiger partial charge in [-0.05, 0) is 50.6 Å². The van der Waals surface area contributed by atoms with Gasteiger partial charge in [-0.2, -0.15) is 0 Å². The molecule has 6 nitrogen and oxygen atoms in total. The molecule has 0 spiro atoms. The molecule has 148 valence electrons. The normalized spacial score (nSPS) is 10.2. The van der Waals surface area contributed by atoms with E-state index in [0.717, 1.165) is 16.8 Å². The number of carbonyl (C=O) groups excluding carboxylic acids is 3. The number of amides is 2. The van der Waals surface area contributed by atoms with E-state index in [0.29, 0.717) is 11.3 Å². The van der Waals surface area contributed by atoms with E-state index in [-0.39, 0.29) is 29.9 Å². The lowest BCUT2D eigenvalue weighted by molar-refractivity contribution is -0.114. The maximum atomic E-state index is 12.1. The van der Waals surface area contributed by atoms with Crippen LogP contribution >= 0.6 is 11.8 Å². The lowest BCUT2D eigenvalue weighted by Crippen LogP contribution is -2.19. The summed E-state index contributed by atoms with van der Waals surface area (Å²) in [5, 5.41) is 5.57. The molecule has 2 rings (SSSR count). The molecule has 2 aromatic carbocycles. The Bertz CT molecular complexity index is 867. The van der Waals surface area contributed by atoms with Crippen LogP contribution in [-0.4, -0.2) is 35.9 Å². The smallest absolute Gasteiger partial charge is 0.338 e. The van der Waals surface area contributed by atoms with Gasteiger partial charge in [0.05, 0.1) is 23.7 Å². The van der Waals surface area contributed by atoms with Crippen LogP contribution in [0.5, 0.6) is 0 Å². The monoisotopic (exact) mass is 400 g/mol. The second-order valence-electron chi connectivity index (χ2n) is 6.21. The number of benzene rings is 2. The average molecular weight is 401 g/mol. The Labute approximate surface area is 169 Å². The number of aryl methyl sites for hydroxylation is 2. The zero-order valence-corrected chi connectivity index (χ0v) is 17.0. The van der Waals surface area contributed by atoms with Crippen molar-refractivity contribution < 1.29 is 19.1 Å². The molecule has 0 fully saturated rings. The van der Waals surface area contributed by atoms with Gasteiger partial charge in [0.1, 0.15) is 0 Å². The predicted molar refractivity (Wildman–Crippen MR) is 113 cm³/mol. The molecule has 28 heavy (non-hydrogen) atoms. The Kier molecular flexibility index (Phi) is 8.07. The minimum Gasteiger partial charge on any atom is -0.462 e. The number of carbonyl (C=O) groups is 3. The lowest BCUT2D eigenvalue weighted by Gasteiger charge is -2.09. The lowest BCUT2D eigenvalue weighted by atomic mass is 10.1. The highest BCUT2D eigenvalue weighted by Crippen LogP contribution is 2.17. The number of thioether (sulfide) groups is 1. The third-order valence-electron chi connectivity index (χ3n) is 3.78. The highest BCUT2D eigenvalue weighted by molar-refractivity contribution is 8.00. The molecular weight excluding hydrogens is 376 g/mol. The molecule has 2 N–H and O–H groups in total. The van der Waals surface area contributed by atoms with Crippen LogP contribution in [-0.2, 0) is 14.3 Å². The van der Waals surface area contributed by atoms with E-state index in [1.165, 1.54) is 11.8 Å². The SMILES string of the molecule is CCOC(=O)c1cccc(NC(=O)CSCC(=O)Nc2ccc(C)cc2C)c1. The minimum absolute atomic E-state index is 0.129. The average Bonchev–Trinajstić information content (AvgIpc) is 2.64. The Morgan fingerprint density at radius 3 is 2.36 bits per heavy atom. The number of rotatable bonds is 8. The van der Waals surface area contributed by atoms with Gasteiger partial charge in [-0.3, -0.25) is 9.59 Å². The van der Waals surface area contributed by atoms with Crippen LogP contribution in [0.3, 0.4) is 0 Å². The quantitative estimate of drug-likeness (QED) is 0.659. The van der Waals surface area contributed by atoms with Crippen LogP contribution in [0, 0.1) is 13.8 Å². The molecular formula is C21H24N2O4S. The second kappa shape index (κ2) is 10.5. The standard InChI is InChI=1S/C21H24N2O4S/c1-4-27-21(26)16-6-5-7-17(11-16)22-19(24)12-28-13-20(25)23-18-9-8-14(2)10-15(18)3/h5-11H,4,12-13H2,1-3H3,(H,22,24)(H,23,25). The summed E-state index contributed by atoms with van der Waals surface area (Å²) in [6, 6.07) is 12.4. The second-order valence-corrected chi connectivity index (χ2v) is 7.19. The van der Waals surface area contributed by atoms with Crippen LogP contribution in [0.1, 0.15) is 28.4 Å². The molecule has 0 heterocycles. The summed E-state index contributed by atoms with van der Waals surface area (Å²) in [4.78, 5) is 35.9. The van der Waals surface area contributed by atoms with Crippen molar-refractivity contribution in [2.24, 2.45) is 0 Å².